The molecule has 5 nitrogen and oxygen atoms in total. The van der Waals surface area contributed by atoms with Crippen molar-refractivity contribution in [2.24, 2.45) is 0 Å². The molecular formula is C15H15ClN2O3. The molecule has 0 aromatic heterocycles. The number of amides is 1. The molecular weight excluding hydrogens is 292 g/mol. The average Bonchev–Trinajstić information content (AvgIpc) is 2.91. The normalized spacial score (nSPS) is 14.5. The quantitative estimate of drug-likeness (QED) is 0.686. The Hall–Kier alpha value is -2.19. The Morgan fingerprint density at radius 1 is 1.52 bits per heavy atom. The van der Waals surface area contributed by atoms with Crippen molar-refractivity contribution in [1.29, 1.82) is 5.26 Å². The van der Waals surface area contributed by atoms with E-state index in [0.717, 1.165) is 6.42 Å². The second-order valence-electron chi connectivity index (χ2n) is 4.68. The molecule has 0 spiro atoms. The van der Waals surface area contributed by atoms with Crippen LogP contribution in [0.2, 0.25) is 5.02 Å². The highest BCUT2D eigenvalue weighted by atomic mass is 35.5. The lowest BCUT2D eigenvalue weighted by Gasteiger charge is -2.10. The molecule has 0 bridgehead atoms. The summed E-state index contributed by atoms with van der Waals surface area (Å²) in [7, 11) is 0. The predicted molar refractivity (Wildman–Crippen MR) is 79.1 cm³/mol. The van der Waals surface area contributed by atoms with Gasteiger partial charge in [-0.05, 0) is 31.1 Å². The Bertz CT molecular complexity index is 635. The van der Waals surface area contributed by atoms with E-state index < -0.39 is 5.91 Å². The molecule has 21 heavy (non-hydrogen) atoms. The maximum atomic E-state index is 12.0. The first-order valence-electron chi connectivity index (χ1n) is 6.57. The number of benzene rings is 1. The highest BCUT2D eigenvalue weighted by Gasteiger charge is 2.17. The van der Waals surface area contributed by atoms with Crippen LogP contribution in [0.1, 0.15) is 25.8 Å². The summed E-state index contributed by atoms with van der Waals surface area (Å²) in [6, 6.07) is 5.15. The van der Waals surface area contributed by atoms with Gasteiger partial charge in [0.05, 0.1) is 5.02 Å². The van der Waals surface area contributed by atoms with Crippen LogP contribution in [-0.4, -0.2) is 18.7 Å². The predicted octanol–water partition coefficient (Wildman–Crippen LogP) is 2.89. The molecule has 1 N–H and O–H groups in total. The summed E-state index contributed by atoms with van der Waals surface area (Å²) in [4.78, 5) is 12.0. The second-order valence-corrected chi connectivity index (χ2v) is 5.09. The van der Waals surface area contributed by atoms with Crippen molar-refractivity contribution in [3.8, 4) is 17.6 Å². The van der Waals surface area contributed by atoms with Crippen molar-refractivity contribution in [3.63, 3.8) is 0 Å². The van der Waals surface area contributed by atoms with E-state index in [-0.39, 0.29) is 18.4 Å². The fourth-order valence-electron chi connectivity index (χ4n) is 1.75. The number of ether oxygens (including phenoxy) is 2. The van der Waals surface area contributed by atoms with Gasteiger partial charge >= 0.3 is 0 Å². The average molecular weight is 307 g/mol. The number of carbonyl (C=O) groups is 1. The van der Waals surface area contributed by atoms with Crippen LogP contribution in [0, 0.1) is 11.3 Å². The molecule has 110 valence electrons. The summed E-state index contributed by atoms with van der Waals surface area (Å²) in [5.41, 5.74) is 0.535. The minimum atomic E-state index is -0.416. The van der Waals surface area contributed by atoms with Gasteiger partial charge in [-0.25, -0.2) is 0 Å². The molecule has 1 amide bonds. The maximum absolute atomic E-state index is 12.0. The maximum Gasteiger partial charge on any atom is 0.262 e. The number of rotatable bonds is 4. The van der Waals surface area contributed by atoms with Crippen LogP contribution in [-0.2, 0) is 4.79 Å². The van der Waals surface area contributed by atoms with Crippen molar-refractivity contribution < 1.29 is 14.3 Å². The molecule has 1 atom stereocenters. The van der Waals surface area contributed by atoms with Crippen molar-refractivity contribution in [1.82, 2.24) is 5.32 Å². The van der Waals surface area contributed by atoms with E-state index >= 15 is 0 Å². The van der Waals surface area contributed by atoms with Crippen LogP contribution in [0.25, 0.3) is 6.08 Å². The Balaban J connectivity index is 2.28. The molecule has 0 aliphatic carbocycles. The molecule has 0 fully saturated rings. The monoisotopic (exact) mass is 306 g/mol. The summed E-state index contributed by atoms with van der Waals surface area (Å²) in [5, 5.41) is 12.3. The highest BCUT2D eigenvalue weighted by molar-refractivity contribution is 6.32. The third kappa shape index (κ3) is 3.47. The van der Waals surface area contributed by atoms with Gasteiger partial charge in [0, 0.05) is 12.1 Å². The molecule has 1 aliphatic heterocycles. The van der Waals surface area contributed by atoms with E-state index in [9.17, 15) is 4.79 Å². The SMILES string of the molecule is CC[C@@H](C)NC(=O)/C(C#N)=C/c1cc2c(cc1Cl)OCO2. The Morgan fingerprint density at radius 2 is 2.19 bits per heavy atom. The molecule has 0 saturated heterocycles. The van der Waals surface area contributed by atoms with Crippen molar-refractivity contribution in [3.05, 3.63) is 28.3 Å². The van der Waals surface area contributed by atoms with Crippen molar-refractivity contribution in [2.75, 3.05) is 6.79 Å². The molecule has 1 heterocycles. The van der Waals surface area contributed by atoms with Gasteiger partial charge in [0.25, 0.3) is 5.91 Å². The first-order valence-corrected chi connectivity index (χ1v) is 6.94. The lowest BCUT2D eigenvalue weighted by atomic mass is 10.1. The molecule has 1 aromatic carbocycles. The molecule has 1 aliphatic rings. The number of carbonyl (C=O) groups excluding carboxylic acids is 1. The zero-order valence-corrected chi connectivity index (χ0v) is 12.5. The van der Waals surface area contributed by atoms with Crippen molar-refractivity contribution >= 4 is 23.6 Å². The van der Waals surface area contributed by atoms with Crippen LogP contribution >= 0.6 is 11.6 Å². The highest BCUT2D eigenvalue weighted by Crippen LogP contribution is 2.37. The number of nitrogens with one attached hydrogen (secondary N) is 1. The van der Waals surface area contributed by atoms with Gasteiger partial charge in [-0.1, -0.05) is 18.5 Å². The third-order valence-electron chi connectivity index (χ3n) is 3.15. The number of halogens is 1. The topological polar surface area (TPSA) is 71.4 Å². The van der Waals surface area contributed by atoms with Crippen LogP contribution in [0.3, 0.4) is 0 Å². The lowest BCUT2D eigenvalue weighted by molar-refractivity contribution is -0.117. The van der Waals surface area contributed by atoms with Gasteiger partial charge < -0.3 is 14.8 Å². The summed E-state index contributed by atoms with van der Waals surface area (Å²) < 4.78 is 10.5. The first kappa shape index (κ1) is 15.2. The van der Waals surface area contributed by atoms with Gasteiger partial charge in [0.2, 0.25) is 6.79 Å². The number of hydrogen-bond acceptors (Lipinski definition) is 4. The molecule has 1 aromatic rings. The number of nitrogens with zero attached hydrogens (tertiary/aromatic N) is 1. The second kappa shape index (κ2) is 6.51. The smallest absolute Gasteiger partial charge is 0.262 e. The minimum absolute atomic E-state index is 0.00137. The number of nitriles is 1. The number of hydrogen-bond donors (Lipinski definition) is 1. The zero-order chi connectivity index (χ0) is 15.4. The Labute approximate surface area is 128 Å². The summed E-state index contributed by atoms with van der Waals surface area (Å²) >= 11 is 6.13. The van der Waals surface area contributed by atoms with E-state index in [0.29, 0.717) is 22.1 Å². The fourth-order valence-corrected chi connectivity index (χ4v) is 1.96. The largest absolute Gasteiger partial charge is 0.454 e. The Morgan fingerprint density at radius 3 is 2.81 bits per heavy atom. The van der Waals surface area contributed by atoms with Gasteiger partial charge in [0.15, 0.2) is 11.5 Å². The fraction of sp³-hybridized carbons (Fsp3) is 0.333. The standard InChI is InChI=1S/C15H15ClN2O3/c1-3-9(2)18-15(19)11(7-17)4-10-5-13-14(6-12(10)16)21-8-20-13/h4-6,9H,3,8H2,1-2H3,(H,18,19)/b11-4+/t9-/m1/s1. The van der Waals surface area contributed by atoms with Crippen LogP contribution < -0.4 is 14.8 Å². The van der Waals surface area contributed by atoms with Crippen molar-refractivity contribution in [2.45, 2.75) is 26.3 Å². The van der Waals surface area contributed by atoms with Gasteiger partial charge in [-0.3, -0.25) is 4.79 Å². The summed E-state index contributed by atoms with van der Waals surface area (Å²) in [6.45, 7) is 3.97. The third-order valence-corrected chi connectivity index (χ3v) is 3.47. The van der Waals surface area contributed by atoms with E-state index in [1.54, 1.807) is 12.1 Å². The van der Waals surface area contributed by atoms with Crippen LogP contribution in [0.5, 0.6) is 11.5 Å². The molecule has 2 rings (SSSR count). The summed E-state index contributed by atoms with van der Waals surface area (Å²) in [5.74, 6) is 0.686. The first-order chi connectivity index (χ1) is 10.0. The lowest BCUT2D eigenvalue weighted by Crippen LogP contribution is -2.32. The van der Waals surface area contributed by atoms with E-state index in [1.807, 2.05) is 19.9 Å². The Kier molecular flexibility index (Phi) is 4.71. The molecule has 6 heteroatoms. The summed E-state index contributed by atoms with van der Waals surface area (Å²) in [6.07, 6.45) is 2.23. The van der Waals surface area contributed by atoms with Gasteiger partial charge in [-0.15, -0.1) is 0 Å². The molecule has 0 unspecified atom stereocenters. The number of fused-ring (bicyclic) bond motifs is 1. The van der Waals surface area contributed by atoms with Gasteiger partial charge in [-0.2, -0.15) is 5.26 Å². The van der Waals surface area contributed by atoms with Crippen LogP contribution in [0.4, 0.5) is 0 Å². The van der Waals surface area contributed by atoms with Gasteiger partial charge in [0.1, 0.15) is 11.6 Å². The minimum Gasteiger partial charge on any atom is -0.454 e. The molecule has 0 radical (unpaired) electrons. The van der Waals surface area contributed by atoms with E-state index in [2.05, 4.69) is 5.32 Å². The van der Waals surface area contributed by atoms with E-state index in [4.69, 9.17) is 26.3 Å². The zero-order valence-electron chi connectivity index (χ0n) is 11.8. The van der Waals surface area contributed by atoms with Crippen LogP contribution in [0.15, 0.2) is 17.7 Å². The molecule has 0 saturated carbocycles. The van der Waals surface area contributed by atoms with E-state index in [1.165, 1.54) is 6.08 Å².